The molecule has 0 aliphatic carbocycles. The molecule has 0 saturated heterocycles. The Labute approximate surface area is 123 Å². The van der Waals surface area contributed by atoms with Crippen LogP contribution in [0.4, 0.5) is 0 Å². The van der Waals surface area contributed by atoms with E-state index in [2.05, 4.69) is 29.5 Å². The summed E-state index contributed by atoms with van der Waals surface area (Å²) in [6, 6.07) is 1.82. The molecule has 0 unspecified atom stereocenters. The molecule has 0 aliphatic rings. The van der Waals surface area contributed by atoms with Crippen LogP contribution in [0.3, 0.4) is 0 Å². The fourth-order valence-corrected chi connectivity index (χ4v) is 2.53. The molecule has 1 amide bonds. The van der Waals surface area contributed by atoms with Gasteiger partial charge in [-0.05, 0) is 31.2 Å². The highest BCUT2D eigenvalue weighted by Gasteiger charge is 2.35. The van der Waals surface area contributed by atoms with Crippen LogP contribution in [-0.2, 0) is 12.1 Å². The summed E-state index contributed by atoms with van der Waals surface area (Å²) in [5, 5.41) is 15.1. The van der Waals surface area contributed by atoms with Crippen LogP contribution in [0.15, 0.2) is 23.0 Å². The van der Waals surface area contributed by atoms with Crippen LogP contribution in [0, 0.1) is 5.92 Å². The van der Waals surface area contributed by atoms with E-state index in [0.717, 1.165) is 12.2 Å². The Hall–Kier alpha value is -1.69. The van der Waals surface area contributed by atoms with Crippen molar-refractivity contribution < 1.29 is 4.79 Å². The van der Waals surface area contributed by atoms with Gasteiger partial charge in [0.05, 0.1) is 17.3 Å². The maximum Gasteiger partial charge on any atom is 0.252 e. The molecule has 0 bridgehead atoms. The van der Waals surface area contributed by atoms with Gasteiger partial charge in [-0.25, -0.2) is 0 Å². The van der Waals surface area contributed by atoms with Gasteiger partial charge in [0.15, 0.2) is 0 Å². The van der Waals surface area contributed by atoms with Crippen LogP contribution in [0.2, 0.25) is 0 Å². The van der Waals surface area contributed by atoms with E-state index in [-0.39, 0.29) is 11.8 Å². The number of nitrogens with one attached hydrogen (secondary N) is 1. The minimum Gasteiger partial charge on any atom is -0.341 e. The molecule has 0 radical (unpaired) electrons. The number of nitrogens with zero attached hydrogens (tertiary/aromatic N) is 3. The van der Waals surface area contributed by atoms with E-state index in [4.69, 9.17) is 0 Å². The fourth-order valence-electron chi connectivity index (χ4n) is 1.90. The van der Waals surface area contributed by atoms with Gasteiger partial charge in [-0.2, -0.15) is 11.3 Å². The highest BCUT2D eigenvalue weighted by Crippen LogP contribution is 2.28. The zero-order chi connectivity index (χ0) is 14.8. The summed E-state index contributed by atoms with van der Waals surface area (Å²) in [7, 11) is 0. The summed E-state index contributed by atoms with van der Waals surface area (Å²) in [5.74, 6) is 0.126. The molecule has 0 fully saturated rings. The number of carbonyl (C=O) groups is 1. The van der Waals surface area contributed by atoms with Gasteiger partial charge in [-0.1, -0.05) is 19.1 Å². The van der Waals surface area contributed by atoms with E-state index in [1.165, 1.54) is 11.3 Å². The second kappa shape index (κ2) is 5.75. The molecule has 0 saturated carbocycles. The van der Waals surface area contributed by atoms with Crippen molar-refractivity contribution >= 4 is 17.2 Å². The van der Waals surface area contributed by atoms with E-state index < -0.39 is 5.54 Å². The first-order valence-corrected chi connectivity index (χ1v) is 7.67. The van der Waals surface area contributed by atoms with Gasteiger partial charge < -0.3 is 5.32 Å². The minimum atomic E-state index is -0.535. The normalized spacial score (nSPS) is 14.2. The zero-order valence-corrected chi connectivity index (χ0v) is 13.1. The van der Waals surface area contributed by atoms with Gasteiger partial charge in [-0.15, -0.1) is 5.10 Å². The predicted molar refractivity (Wildman–Crippen MR) is 79.7 cm³/mol. The third-order valence-corrected chi connectivity index (χ3v) is 4.39. The third kappa shape index (κ3) is 2.75. The Bertz CT molecular complexity index is 576. The average molecular weight is 292 g/mol. The summed E-state index contributed by atoms with van der Waals surface area (Å²) in [4.78, 5) is 12.3. The van der Waals surface area contributed by atoms with Crippen molar-refractivity contribution in [1.82, 2.24) is 20.3 Å². The Balaban J connectivity index is 2.27. The lowest BCUT2D eigenvalue weighted by atomic mass is 9.85. The predicted octanol–water partition coefficient (Wildman–Crippen LogP) is 2.66. The first-order chi connectivity index (χ1) is 9.47. The lowest BCUT2D eigenvalue weighted by Crippen LogP contribution is -2.47. The van der Waals surface area contributed by atoms with Crippen molar-refractivity contribution in [2.45, 2.75) is 39.8 Å². The highest BCUT2D eigenvalue weighted by atomic mass is 32.1. The number of carbonyl (C=O) groups excluding carboxylic acids is 1. The second-order valence-corrected chi connectivity index (χ2v) is 6.06. The third-order valence-electron chi connectivity index (χ3n) is 3.71. The number of aromatic nitrogens is 3. The fraction of sp³-hybridized carbons (Fsp3) is 0.500. The number of amides is 1. The number of thiophene rings is 1. The largest absolute Gasteiger partial charge is 0.341 e. The summed E-state index contributed by atoms with van der Waals surface area (Å²) in [6.45, 7) is 8.90. The summed E-state index contributed by atoms with van der Waals surface area (Å²) in [6.07, 6.45) is 1.90. The molecule has 1 N–H and O–H groups in total. The van der Waals surface area contributed by atoms with Crippen LogP contribution < -0.4 is 5.32 Å². The standard InChI is InChI=1S/C14H20N4OS/c1-5-18-8-12(16-17-18)14(4,10(2)3)15-13(19)11-6-7-20-9-11/h6-10H,5H2,1-4H3,(H,15,19)/t14-/m0/s1. The van der Waals surface area contributed by atoms with E-state index in [1.54, 1.807) is 4.68 Å². The molecule has 2 aromatic heterocycles. The molecular formula is C14H20N4OS. The van der Waals surface area contributed by atoms with Crippen LogP contribution in [-0.4, -0.2) is 20.9 Å². The molecule has 2 aromatic rings. The molecule has 108 valence electrons. The lowest BCUT2D eigenvalue weighted by molar-refractivity contribution is 0.0873. The number of hydrogen-bond donors (Lipinski definition) is 1. The molecule has 0 aliphatic heterocycles. The lowest BCUT2D eigenvalue weighted by Gasteiger charge is -2.32. The highest BCUT2D eigenvalue weighted by molar-refractivity contribution is 7.08. The van der Waals surface area contributed by atoms with Crippen molar-refractivity contribution in [2.24, 2.45) is 5.92 Å². The Morgan fingerprint density at radius 2 is 2.30 bits per heavy atom. The van der Waals surface area contributed by atoms with Crippen LogP contribution >= 0.6 is 11.3 Å². The van der Waals surface area contributed by atoms with E-state index >= 15 is 0 Å². The van der Waals surface area contributed by atoms with Crippen LogP contribution in [0.1, 0.15) is 43.7 Å². The van der Waals surface area contributed by atoms with Gasteiger partial charge in [0.1, 0.15) is 5.69 Å². The summed E-state index contributed by atoms with van der Waals surface area (Å²) < 4.78 is 1.77. The maximum atomic E-state index is 12.3. The van der Waals surface area contributed by atoms with Crippen LogP contribution in [0.5, 0.6) is 0 Å². The number of rotatable bonds is 5. The molecular weight excluding hydrogens is 272 g/mol. The maximum absolute atomic E-state index is 12.3. The van der Waals surface area contributed by atoms with E-state index in [1.807, 2.05) is 36.9 Å². The van der Waals surface area contributed by atoms with Crippen molar-refractivity contribution in [3.8, 4) is 0 Å². The molecule has 0 aromatic carbocycles. The Morgan fingerprint density at radius 1 is 1.55 bits per heavy atom. The smallest absolute Gasteiger partial charge is 0.252 e. The number of hydrogen-bond acceptors (Lipinski definition) is 4. The van der Waals surface area contributed by atoms with Gasteiger partial charge in [0.25, 0.3) is 5.91 Å². The summed E-state index contributed by atoms with van der Waals surface area (Å²) in [5.41, 5.74) is 0.939. The van der Waals surface area contributed by atoms with Gasteiger partial charge >= 0.3 is 0 Å². The van der Waals surface area contributed by atoms with Crippen molar-refractivity contribution in [3.63, 3.8) is 0 Å². The first kappa shape index (κ1) is 14.7. The molecule has 5 nitrogen and oxygen atoms in total. The van der Waals surface area contributed by atoms with Crippen molar-refractivity contribution in [1.29, 1.82) is 0 Å². The second-order valence-electron chi connectivity index (χ2n) is 5.28. The molecule has 20 heavy (non-hydrogen) atoms. The van der Waals surface area contributed by atoms with Gasteiger partial charge in [0.2, 0.25) is 0 Å². The summed E-state index contributed by atoms with van der Waals surface area (Å²) >= 11 is 1.51. The number of aryl methyl sites for hydroxylation is 1. The molecule has 0 spiro atoms. The Kier molecular flexibility index (Phi) is 4.23. The van der Waals surface area contributed by atoms with E-state index in [9.17, 15) is 4.79 Å². The SMILES string of the molecule is CCn1cc([C@@](C)(NC(=O)c2ccsc2)C(C)C)nn1. The first-order valence-electron chi connectivity index (χ1n) is 6.72. The average Bonchev–Trinajstić information content (AvgIpc) is 3.09. The van der Waals surface area contributed by atoms with Crippen molar-refractivity contribution in [2.75, 3.05) is 0 Å². The zero-order valence-electron chi connectivity index (χ0n) is 12.3. The monoisotopic (exact) mass is 292 g/mol. The van der Waals surface area contributed by atoms with Crippen molar-refractivity contribution in [3.05, 3.63) is 34.3 Å². The Morgan fingerprint density at radius 3 is 2.80 bits per heavy atom. The molecule has 1 atom stereocenters. The van der Waals surface area contributed by atoms with E-state index in [0.29, 0.717) is 5.56 Å². The molecule has 2 rings (SSSR count). The molecule has 6 heteroatoms. The van der Waals surface area contributed by atoms with Gasteiger partial charge in [-0.3, -0.25) is 9.48 Å². The van der Waals surface area contributed by atoms with Gasteiger partial charge in [0, 0.05) is 11.9 Å². The van der Waals surface area contributed by atoms with Crippen LogP contribution in [0.25, 0.3) is 0 Å². The topological polar surface area (TPSA) is 59.8 Å². The molecule has 2 heterocycles. The quantitative estimate of drug-likeness (QED) is 0.921. The minimum absolute atomic E-state index is 0.0755.